The minimum atomic E-state index is -0.928. The van der Waals surface area contributed by atoms with Crippen LogP contribution in [0.2, 0.25) is 0 Å². The van der Waals surface area contributed by atoms with Crippen molar-refractivity contribution in [3.05, 3.63) is 139 Å². The molecule has 1 aliphatic carbocycles. The Bertz CT molecular complexity index is 1770. The van der Waals surface area contributed by atoms with E-state index in [1.807, 2.05) is 67.6 Å². The number of phenolic OH excluding ortho intramolecular Hbond substituents is 4. The van der Waals surface area contributed by atoms with Gasteiger partial charge in [-0.1, -0.05) is 66.7 Å². The number of phenols is 4. The quantitative estimate of drug-likeness (QED) is 0.139. The summed E-state index contributed by atoms with van der Waals surface area (Å²) in [6, 6.07) is 23.7. The van der Waals surface area contributed by atoms with Gasteiger partial charge in [-0.15, -0.1) is 11.3 Å². The van der Waals surface area contributed by atoms with Crippen LogP contribution in [0.5, 0.6) is 23.0 Å². The first-order valence-corrected chi connectivity index (χ1v) is 15.5. The first-order chi connectivity index (χ1) is 21.2. The highest BCUT2D eigenvalue weighted by Crippen LogP contribution is 2.38. The molecule has 0 saturated heterocycles. The molecule has 0 fully saturated rings. The monoisotopic (exact) mass is 606 g/mol. The standard InChI is InChI=1S/C37H34O6S/c1-21-11-12-33(44-21)32(39)20-31(38)15-22-13-29-18-27-9-3-7-25(35(27)41)16-23-5-2-6-24(34(23)40)17-26-8-4-10-28(36(26)42)19-30(14-22)37(29)43/h2-14,31,38,40-43H,15-20H2,1H3. The van der Waals surface area contributed by atoms with Crippen molar-refractivity contribution in [3.63, 3.8) is 0 Å². The molecule has 1 atom stereocenters. The molecule has 8 bridgehead atoms. The average Bonchev–Trinajstić information content (AvgIpc) is 3.43. The van der Waals surface area contributed by atoms with Crippen molar-refractivity contribution in [2.75, 3.05) is 0 Å². The summed E-state index contributed by atoms with van der Waals surface area (Å²) in [5, 5.41) is 56.1. The van der Waals surface area contributed by atoms with Gasteiger partial charge < -0.3 is 25.5 Å². The fourth-order valence-corrected chi connectivity index (χ4v) is 6.89. The third-order valence-electron chi connectivity index (χ3n) is 8.37. The van der Waals surface area contributed by atoms with Gasteiger partial charge in [0.1, 0.15) is 23.0 Å². The molecule has 6 nitrogen and oxygen atoms in total. The second-order valence-corrected chi connectivity index (χ2v) is 12.9. The van der Waals surface area contributed by atoms with Crippen molar-refractivity contribution in [2.24, 2.45) is 0 Å². The zero-order chi connectivity index (χ0) is 31.0. The summed E-state index contributed by atoms with van der Waals surface area (Å²) in [4.78, 5) is 14.4. The molecule has 1 heterocycles. The highest BCUT2D eigenvalue weighted by Gasteiger charge is 2.21. The molecule has 5 N–H and O–H groups in total. The number of Topliss-reactive ketones (excluding diaryl/α,β-unsaturated/α-hetero) is 1. The Morgan fingerprint density at radius 1 is 0.636 bits per heavy atom. The number of aryl methyl sites for hydroxylation is 1. The summed E-state index contributed by atoms with van der Waals surface area (Å²) < 4.78 is 0. The van der Waals surface area contributed by atoms with Gasteiger partial charge in [-0.3, -0.25) is 4.79 Å². The Morgan fingerprint density at radius 2 is 1.02 bits per heavy atom. The number of hydrogen-bond acceptors (Lipinski definition) is 7. The van der Waals surface area contributed by atoms with E-state index in [0.717, 1.165) is 10.4 Å². The highest BCUT2D eigenvalue weighted by atomic mass is 32.1. The average molecular weight is 607 g/mol. The summed E-state index contributed by atoms with van der Waals surface area (Å²) in [5.74, 6) is 0.257. The van der Waals surface area contributed by atoms with Gasteiger partial charge in [0.05, 0.1) is 11.0 Å². The van der Waals surface area contributed by atoms with E-state index < -0.39 is 6.10 Å². The molecule has 44 heavy (non-hydrogen) atoms. The van der Waals surface area contributed by atoms with Gasteiger partial charge >= 0.3 is 0 Å². The van der Waals surface area contributed by atoms with E-state index in [0.29, 0.717) is 62.2 Å². The lowest BCUT2D eigenvalue weighted by Gasteiger charge is -2.18. The third-order valence-corrected chi connectivity index (χ3v) is 9.41. The number of ketones is 1. The number of para-hydroxylation sites is 3. The van der Waals surface area contributed by atoms with Crippen LogP contribution >= 0.6 is 11.3 Å². The number of hydrogen-bond donors (Lipinski definition) is 5. The van der Waals surface area contributed by atoms with Crippen LogP contribution in [-0.4, -0.2) is 37.4 Å². The van der Waals surface area contributed by atoms with E-state index in [9.17, 15) is 30.3 Å². The van der Waals surface area contributed by atoms with Crippen LogP contribution < -0.4 is 0 Å². The number of aliphatic hydroxyl groups excluding tert-OH is 1. The Morgan fingerprint density at radius 3 is 1.41 bits per heavy atom. The summed E-state index contributed by atoms with van der Waals surface area (Å²) in [7, 11) is 0. The normalized spacial score (nSPS) is 13.4. The number of carbonyl (C=O) groups is 1. The number of fused-ring (bicyclic) bond motifs is 8. The number of aliphatic hydroxyl groups is 1. The summed E-state index contributed by atoms with van der Waals surface area (Å²) in [5.41, 5.74) is 5.67. The summed E-state index contributed by atoms with van der Waals surface area (Å²) in [6.07, 6.45) is 0.274. The molecule has 0 radical (unpaired) electrons. The maximum atomic E-state index is 12.8. The molecule has 7 heteroatoms. The summed E-state index contributed by atoms with van der Waals surface area (Å²) in [6.45, 7) is 1.94. The molecule has 1 aromatic heterocycles. The van der Waals surface area contributed by atoms with Crippen molar-refractivity contribution < 1.29 is 30.3 Å². The topological polar surface area (TPSA) is 118 Å². The molecular formula is C37H34O6S. The third kappa shape index (κ3) is 6.07. The minimum absolute atomic E-state index is 0.0237. The van der Waals surface area contributed by atoms with Gasteiger partial charge in [-0.05, 0) is 75.5 Å². The fourth-order valence-electron chi connectivity index (χ4n) is 6.07. The minimum Gasteiger partial charge on any atom is -0.507 e. The molecule has 4 aromatic carbocycles. The number of rotatable bonds is 5. The number of aromatic hydroxyl groups is 4. The number of thiophene rings is 1. The van der Waals surface area contributed by atoms with Crippen LogP contribution in [0.1, 0.15) is 71.0 Å². The van der Waals surface area contributed by atoms with Gasteiger partial charge in [0.2, 0.25) is 0 Å². The predicted octanol–water partition coefficient (Wildman–Crippen LogP) is 6.73. The fraction of sp³-hybridized carbons (Fsp3) is 0.216. The molecular weight excluding hydrogens is 572 g/mol. The Labute approximate surface area is 260 Å². The zero-order valence-corrected chi connectivity index (χ0v) is 25.2. The van der Waals surface area contributed by atoms with E-state index in [-0.39, 0.29) is 54.5 Å². The molecule has 224 valence electrons. The van der Waals surface area contributed by atoms with Crippen LogP contribution in [-0.2, 0) is 32.1 Å². The van der Waals surface area contributed by atoms with Crippen molar-refractivity contribution in [2.45, 2.75) is 51.6 Å². The van der Waals surface area contributed by atoms with E-state index in [1.54, 1.807) is 18.2 Å². The van der Waals surface area contributed by atoms with E-state index in [4.69, 9.17) is 0 Å². The van der Waals surface area contributed by atoms with E-state index in [1.165, 1.54) is 11.3 Å². The number of carbonyl (C=O) groups excluding carboxylic acids is 1. The zero-order valence-electron chi connectivity index (χ0n) is 24.4. The van der Waals surface area contributed by atoms with Crippen LogP contribution in [0.25, 0.3) is 0 Å². The van der Waals surface area contributed by atoms with Crippen molar-refractivity contribution in [1.29, 1.82) is 0 Å². The molecule has 0 amide bonds. The second-order valence-electron chi connectivity index (χ2n) is 11.6. The Kier molecular flexibility index (Phi) is 8.17. The molecule has 0 saturated carbocycles. The smallest absolute Gasteiger partial charge is 0.175 e. The first kappa shape index (κ1) is 29.5. The van der Waals surface area contributed by atoms with Crippen LogP contribution in [0, 0.1) is 6.92 Å². The lowest BCUT2D eigenvalue weighted by Crippen LogP contribution is -2.16. The molecule has 6 rings (SSSR count). The van der Waals surface area contributed by atoms with Gasteiger partial charge in [0.25, 0.3) is 0 Å². The van der Waals surface area contributed by atoms with Gasteiger partial charge in [0.15, 0.2) is 5.78 Å². The van der Waals surface area contributed by atoms with Crippen molar-refractivity contribution >= 4 is 17.1 Å². The Balaban J connectivity index is 1.42. The van der Waals surface area contributed by atoms with Gasteiger partial charge in [0, 0.05) is 37.0 Å². The summed E-state index contributed by atoms with van der Waals surface area (Å²) >= 11 is 1.41. The first-order valence-electron chi connectivity index (χ1n) is 14.7. The number of benzene rings is 4. The van der Waals surface area contributed by atoms with E-state index >= 15 is 0 Å². The SMILES string of the molecule is Cc1ccc(C(=O)CC(O)Cc2cc3c(O)c(c2)Cc2cccc(c2O)Cc2cccc(c2O)Cc2cccc(c2O)C3)s1. The van der Waals surface area contributed by atoms with Gasteiger partial charge in [-0.2, -0.15) is 0 Å². The van der Waals surface area contributed by atoms with Crippen LogP contribution in [0.4, 0.5) is 0 Å². The molecule has 1 unspecified atom stereocenters. The molecule has 5 aromatic rings. The molecule has 0 aliphatic heterocycles. The molecule has 1 aliphatic rings. The van der Waals surface area contributed by atoms with Crippen molar-refractivity contribution in [1.82, 2.24) is 0 Å². The lowest BCUT2D eigenvalue weighted by molar-refractivity contribution is 0.0885. The van der Waals surface area contributed by atoms with Crippen LogP contribution in [0.3, 0.4) is 0 Å². The van der Waals surface area contributed by atoms with Crippen molar-refractivity contribution in [3.8, 4) is 23.0 Å². The second kappa shape index (κ2) is 12.2. The largest absolute Gasteiger partial charge is 0.507 e. The highest BCUT2D eigenvalue weighted by molar-refractivity contribution is 7.14. The van der Waals surface area contributed by atoms with Gasteiger partial charge in [-0.25, -0.2) is 0 Å². The Hall–Kier alpha value is -4.59. The van der Waals surface area contributed by atoms with Crippen LogP contribution in [0.15, 0.2) is 78.9 Å². The van der Waals surface area contributed by atoms with E-state index in [2.05, 4.69) is 0 Å². The lowest BCUT2D eigenvalue weighted by atomic mass is 9.89. The maximum Gasteiger partial charge on any atom is 0.175 e. The molecule has 0 spiro atoms. The predicted molar refractivity (Wildman–Crippen MR) is 171 cm³/mol. The maximum absolute atomic E-state index is 12.8.